The number of nitriles is 1. The molecule has 0 atom stereocenters. The summed E-state index contributed by atoms with van der Waals surface area (Å²) in [6.07, 6.45) is 1.25. The van der Waals surface area contributed by atoms with Crippen LogP contribution in [0.15, 0.2) is 0 Å². The van der Waals surface area contributed by atoms with E-state index in [1.54, 1.807) is 0 Å². The lowest BCUT2D eigenvalue weighted by Crippen LogP contribution is -2.14. The van der Waals surface area contributed by atoms with Crippen LogP contribution in [0.1, 0.15) is 19.3 Å². The molecule has 0 unspecified atom stereocenters. The third-order valence-electron chi connectivity index (χ3n) is 1.40. The van der Waals surface area contributed by atoms with Crippen LogP contribution in [-0.4, -0.2) is 26.5 Å². The summed E-state index contributed by atoms with van der Waals surface area (Å²) >= 11 is 0. The minimum absolute atomic E-state index is 0.112. The molecule has 5 heteroatoms. The number of nitrogens with zero attached hydrogens (tertiary/aromatic N) is 1. The molecule has 0 bridgehead atoms. The smallest absolute Gasteiger partial charge is 0.150 e. The normalized spacial score (nSPS) is 11.0. The number of hydrogen-bond acceptors (Lipinski definition) is 4. The van der Waals surface area contributed by atoms with Crippen LogP contribution < -0.4 is 5.73 Å². The molecule has 2 N–H and O–H groups in total. The van der Waals surface area contributed by atoms with Gasteiger partial charge in [-0.3, -0.25) is 0 Å². The summed E-state index contributed by atoms with van der Waals surface area (Å²) in [4.78, 5) is 0. The van der Waals surface area contributed by atoms with Gasteiger partial charge in [-0.25, -0.2) is 8.42 Å². The molecule has 0 saturated heterocycles. The largest absolute Gasteiger partial charge is 0.330 e. The molecule has 0 amide bonds. The van der Waals surface area contributed by atoms with Crippen molar-refractivity contribution in [3.8, 4) is 6.07 Å². The molecule has 0 spiro atoms. The highest BCUT2D eigenvalue weighted by Gasteiger charge is 2.08. The van der Waals surface area contributed by atoms with E-state index in [0.29, 0.717) is 25.8 Å². The van der Waals surface area contributed by atoms with Gasteiger partial charge in [0.15, 0.2) is 0 Å². The van der Waals surface area contributed by atoms with Gasteiger partial charge in [0.05, 0.1) is 17.6 Å². The Bertz CT molecular complexity index is 241. The zero-order chi connectivity index (χ0) is 9.45. The minimum atomic E-state index is -2.95. The molecule has 0 aliphatic heterocycles. The predicted molar refractivity (Wildman–Crippen MR) is 47.2 cm³/mol. The Kier molecular flexibility index (Phi) is 5.68. The van der Waals surface area contributed by atoms with Crippen molar-refractivity contribution in [1.82, 2.24) is 0 Å². The molecule has 0 aliphatic rings. The van der Waals surface area contributed by atoms with Gasteiger partial charge in [0.1, 0.15) is 9.84 Å². The SMILES string of the molecule is N#CCCCS(=O)(=O)CCCN. The highest BCUT2D eigenvalue weighted by atomic mass is 32.2. The minimum Gasteiger partial charge on any atom is -0.330 e. The zero-order valence-electron chi connectivity index (χ0n) is 6.99. The average molecular weight is 190 g/mol. The molecule has 0 aromatic rings. The maximum Gasteiger partial charge on any atom is 0.150 e. The Morgan fingerprint density at radius 3 is 2.33 bits per heavy atom. The first-order valence-corrected chi connectivity index (χ1v) is 5.72. The summed E-state index contributed by atoms with van der Waals surface area (Å²) in [6, 6.07) is 1.91. The third-order valence-corrected chi connectivity index (χ3v) is 3.22. The van der Waals surface area contributed by atoms with Crippen molar-refractivity contribution in [2.24, 2.45) is 5.73 Å². The summed E-state index contributed by atoms with van der Waals surface area (Å²) in [5.41, 5.74) is 5.17. The summed E-state index contributed by atoms with van der Waals surface area (Å²) in [7, 11) is -2.95. The molecule has 0 saturated carbocycles. The Balaban J connectivity index is 3.67. The Morgan fingerprint density at radius 2 is 1.83 bits per heavy atom. The Hall–Kier alpha value is -0.600. The van der Waals surface area contributed by atoms with Gasteiger partial charge in [-0.05, 0) is 19.4 Å². The summed E-state index contributed by atoms with van der Waals surface area (Å²) in [5, 5.41) is 8.17. The number of sulfone groups is 1. The highest BCUT2D eigenvalue weighted by molar-refractivity contribution is 7.91. The van der Waals surface area contributed by atoms with Crippen molar-refractivity contribution in [3.63, 3.8) is 0 Å². The van der Waals surface area contributed by atoms with Crippen LogP contribution in [0.25, 0.3) is 0 Å². The van der Waals surface area contributed by atoms with Gasteiger partial charge in [-0.2, -0.15) is 5.26 Å². The van der Waals surface area contributed by atoms with Crippen LogP contribution in [-0.2, 0) is 9.84 Å². The monoisotopic (exact) mass is 190 g/mol. The first-order chi connectivity index (χ1) is 5.62. The van der Waals surface area contributed by atoms with Crippen molar-refractivity contribution in [3.05, 3.63) is 0 Å². The lowest BCUT2D eigenvalue weighted by atomic mass is 10.4. The van der Waals surface area contributed by atoms with Crippen LogP contribution in [0.4, 0.5) is 0 Å². The second kappa shape index (κ2) is 5.98. The quantitative estimate of drug-likeness (QED) is 0.600. The highest BCUT2D eigenvalue weighted by Crippen LogP contribution is 1.98. The molecule has 70 valence electrons. The van der Waals surface area contributed by atoms with Crippen molar-refractivity contribution in [2.45, 2.75) is 19.3 Å². The van der Waals surface area contributed by atoms with Crippen molar-refractivity contribution in [1.29, 1.82) is 5.26 Å². The fourth-order valence-corrected chi connectivity index (χ4v) is 2.17. The molecule has 0 aliphatic carbocycles. The van der Waals surface area contributed by atoms with E-state index in [0.717, 1.165) is 0 Å². The van der Waals surface area contributed by atoms with E-state index in [9.17, 15) is 8.42 Å². The summed E-state index contributed by atoms with van der Waals surface area (Å²) in [6.45, 7) is 0.400. The molecule has 0 aromatic carbocycles. The van der Waals surface area contributed by atoms with Crippen LogP contribution in [0, 0.1) is 11.3 Å². The molecule has 0 rings (SSSR count). The van der Waals surface area contributed by atoms with Gasteiger partial charge in [-0.1, -0.05) is 0 Å². The molecule has 0 aromatic heterocycles. The number of rotatable bonds is 6. The van der Waals surface area contributed by atoms with E-state index in [4.69, 9.17) is 11.0 Å². The number of nitrogens with two attached hydrogens (primary N) is 1. The first-order valence-electron chi connectivity index (χ1n) is 3.90. The second-order valence-corrected chi connectivity index (χ2v) is 4.86. The van der Waals surface area contributed by atoms with E-state index in [1.165, 1.54) is 0 Å². The number of unbranched alkanes of at least 4 members (excludes halogenated alkanes) is 1. The van der Waals surface area contributed by atoms with Gasteiger partial charge in [-0.15, -0.1) is 0 Å². The Labute approximate surface area is 73.3 Å². The van der Waals surface area contributed by atoms with E-state index in [-0.39, 0.29) is 11.5 Å². The van der Waals surface area contributed by atoms with Gasteiger partial charge in [0, 0.05) is 6.42 Å². The van der Waals surface area contributed by atoms with Crippen molar-refractivity contribution < 1.29 is 8.42 Å². The first kappa shape index (κ1) is 11.4. The predicted octanol–water partition coefficient (Wildman–Crippen LogP) is 0.0538. The molecule has 0 fully saturated rings. The molecule has 0 heterocycles. The van der Waals surface area contributed by atoms with Crippen molar-refractivity contribution in [2.75, 3.05) is 18.1 Å². The zero-order valence-corrected chi connectivity index (χ0v) is 7.81. The molecular formula is C7H14N2O2S. The van der Waals surface area contributed by atoms with Crippen molar-refractivity contribution >= 4 is 9.84 Å². The lowest BCUT2D eigenvalue weighted by molar-refractivity contribution is 0.591. The molecule has 12 heavy (non-hydrogen) atoms. The molecular weight excluding hydrogens is 176 g/mol. The lowest BCUT2D eigenvalue weighted by Gasteiger charge is -2.00. The maximum atomic E-state index is 11.1. The standard InChI is InChI=1S/C7H14N2O2S/c8-4-1-2-6-12(10,11)7-3-5-9/h1-3,5-7,9H2. The molecule has 0 radical (unpaired) electrons. The summed E-state index contributed by atoms with van der Waals surface area (Å²) in [5.74, 6) is 0.259. The van der Waals surface area contributed by atoms with Gasteiger partial charge in [0.25, 0.3) is 0 Å². The van der Waals surface area contributed by atoms with Gasteiger partial charge >= 0.3 is 0 Å². The summed E-state index contributed by atoms with van der Waals surface area (Å²) < 4.78 is 22.2. The van der Waals surface area contributed by atoms with E-state index in [1.807, 2.05) is 6.07 Å². The van der Waals surface area contributed by atoms with Crippen LogP contribution in [0.3, 0.4) is 0 Å². The van der Waals surface area contributed by atoms with Gasteiger partial charge < -0.3 is 5.73 Å². The van der Waals surface area contributed by atoms with Gasteiger partial charge in [0.2, 0.25) is 0 Å². The average Bonchev–Trinajstić information content (AvgIpc) is 2.01. The van der Waals surface area contributed by atoms with E-state index < -0.39 is 9.84 Å². The molecule has 4 nitrogen and oxygen atoms in total. The Morgan fingerprint density at radius 1 is 1.25 bits per heavy atom. The topological polar surface area (TPSA) is 84.0 Å². The van der Waals surface area contributed by atoms with Crippen LogP contribution in [0.2, 0.25) is 0 Å². The third kappa shape index (κ3) is 6.13. The van der Waals surface area contributed by atoms with E-state index >= 15 is 0 Å². The fraction of sp³-hybridized carbons (Fsp3) is 0.857. The van der Waals surface area contributed by atoms with E-state index in [2.05, 4.69) is 0 Å². The number of hydrogen-bond donors (Lipinski definition) is 1. The maximum absolute atomic E-state index is 11.1. The second-order valence-electron chi connectivity index (χ2n) is 2.56. The van der Waals surface area contributed by atoms with Crippen LogP contribution in [0.5, 0.6) is 0 Å². The van der Waals surface area contributed by atoms with Crippen LogP contribution >= 0.6 is 0 Å². The fourth-order valence-electron chi connectivity index (χ4n) is 0.776.